The summed E-state index contributed by atoms with van der Waals surface area (Å²) in [6.45, 7) is 1.26. The van der Waals surface area contributed by atoms with Crippen LogP contribution in [-0.4, -0.2) is 37.1 Å². The van der Waals surface area contributed by atoms with Gasteiger partial charge in [-0.25, -0.2) is 0 Å². The molecule has 3 aliphatic rings. The van der Waals surface area contributed by atoms with Gasteiger partial charge in [-0.2, -0.15) is 0 Å². The number of likely N-dealkylation sites (N-methyl/N-ethyl adjacent to an activating group) is 1. The summed E-state index contributed by atoms with van der Waals surface area (Å²) in [5.41, 5.74) is 3.67. The molecule has 0 unspecified atom stereocenters. The molecule has 4 rings (SSSR count). The molecule has 1 aliphatic heterocycles. The Hall–Kier alpha value is -0.580. The lowest BCUT2D eigenvalue weighted by atomic mass is 9.52. The maximum Gasteiger partial charge on any atom is 0.119 e. The number of rotatable bonds is 1. The van der Waals surface area contributed by atoms with Gasteiger partial charge >= 0.3 is 0 Å². The third-order valence-corrected chi connectivity index (χ3v) is 6.32. The number of fused-ring (bicyclic) bond motifs is 1. The molecule has 22 heavy (non-hydrogen) atoms. The molecular weight excluding hydrogens is 342 g/mol. The number of ether oxygens (including phenoxy) is 1. The van der Waals surface area contributed by atoms with Crippen molar-refractivity contribution in [1.29, 1.82) is 0 Å². The highest BCUT2D eigenvalue weighted by Crippen LogP contribution is 2.55. The minimum atomic E-state index is 0. The van der Waals surface area contributed by atoms with Crippen LogP contribution in [-0.2, 0) is 11.8 Å². The van der Waals surface area contributed by atoms with Crippen molar-refractivity contribution in [1.82, 2.24) is 4.90 Å². The minimum Gasteiger partial charge on any atom is -1.00 e. The molecule has 3 atom stereocenters. The van der Waals surface area contributed by atoms with Gasteiger partial charge in [-0.3, -0.25) is 0 Å². The Morgan fingerprint density at radius 2 is 2.05 bits per heavy atom. The molecule has 0 aromatic heterocycles. The Morgan fingerprint density at radius 1 is 1.23 bits per heavy atom. The number of nitrogens with zero attached hydrogens (tertiary/aromatic N) is 1. The smallest absolute Gasteiger partial charge is 0.119 e. The summed E-state index contributed by atoms with van der Waals surface area (Å²) in [4.78, 5) is 2.63. The number of hydrogen-bond acceptors (Lipinski definition) is 2. The predicted octanol–water partition coefficient (Wildman–Crippen LogP) is -0.437. The van der Waals surface area contributed by atoms with Crippen LogP contribution in [0.25, 0.3) is 0 Å². The van der Waals surface area contributed by atoms with Crippen molar-refractivity contribution in [3.8, 4) is 5.75 Å². The molecule has 0 amide bonds. The quantitative estimate of drug-likeness (QED) is 0.674. The molecule has 2 aliphatic carbocycles. The molecule has 1 heterocycles. The third kappa shape index (κ3) is 2.40. The molecule has 0 spiro atoms. The maximum atomic E-state index is 5.51. The molecule has 3 nitrogen and oxygen atoms in total. The van der Waals surface area contributed by atoms with E-state index in [1.165, 1.54) is 45.1 Å². The summed E-state index contributed by atoms with van der Waals surface area (Å²) in [5, 5.41) is 0. The Bertz CT molecular complexity index is 536. The lowest BCUT2D eigenvalue weighted by molar-refractivity contribution is -0.0000119. The van der Waals surface area contributed by atoms with Gasteiger partial charge < -0.3 is 32.1 Å². The van der Waals surface area contributed by atoms with E-state index >= 15 is 0 Å². The van der Waals surface area contributed by atoms with E-state index in [2.05, 4.69) is 30.1 Å². The van der Waals surface area contributed by atoms with Crippen LogP contribution < -0.4 is 21.7 Å². The SMILES string of the molecule is COc1ccc2c(c1)[C@]13CCCC[C@@H]1[C@H](C2)N(C)CC3.O.[Br-]. The zero-order valence-electron chi connectivity index (χ0n) is 13.6. The Balaban J connectivity index is 0.000000882. The van der Waals surface area contributed by atoms with Gasteiger partial charge in [-0.15, -0.1) is 0 Å². The molecule has 1 saturated carbocycles. The summed E-state index contributed by atoms with van der Waals surface area (Å²) < 4.78 is 5.51. The van der Waals surface area contributed by atoms with E-state index in [1.54, 1.807) is 18.2 Å². The van der Waals surface area contributed by atoms with Gasteiger partial charge in [0.25, 0.3) is 0 Å². The highest BCUT2D eigenvalue weighted by atomic mass is 79.9. The topological polar surface area (TPSA) is 44.0 Å². The standard InChI is InChI=1S/C18H25NO.BrH.H2O/c1-19-10-9-18-8-4-3-5-15(18)17(19)11-13-6-7-14(20-2)12-16(13)18;;/h6-7,12,15,17H,3-5,8-11H2,1-2H3;1H;1H2/p-1/t15-,17+,18+;;/m1../s1. The monoisotopic (exact) mass is 368 g/mol. The van der Waals surface area contributed by atoms with Crippen LogP contribution in [0.1, 0.15) is 43.2 Å². The third-order valence-electron chi connectivity index (χ3n) is 6.32. The summed E-state index contributed by atoms with van der Waals surface area (Å²) in [6, 6.07) is 7.60. The highest BCUT2D eigenvalue weighted by molar-refractivity contribution is 5.45. The van der Waals surface area contributed by atoms with E-state index in [4.69, 9.17) is 4.74 Å². The molecule has 124 valence electrons. The van der Waals surface area contributed by atoms with Crippen LogP contribution >= 0.6 is 0 Å². The van der Waals surface area contributed by atoms with Crippen molar-refractivity contribution >= 4 is 0 Å². The van der Waals surface area contributed by atoms with E-state index in [0.29, 0.717) is 5.41 Å². The molecule has 1 aromatic rings. The average molecular weight is 369 g/mol. The van der Waals surface area contributed by atoms with Crippen LogP contribution in [0.15, 0.2) is 18.2 Å². The Morgan fingerprint density at radius 3 is 2.82 bits per heavy atom. The van der Waals surface area contributed by atoms with Crippen molar-refractivity contribution in [3.63, 3.8) is 0 Å². The van der Waals surface area contributed by atoms with Crippen LogP contribution in [0.2, 0.25) is 0 Å². The van der Waals surface area contributed by atoms with Gasteiger partial charge in [-0.05, 0) is 68.5 Å². The minimum absolute atomic E-state index is 0. The predicted molar refractivity (Wildman–Crippen MR) is 85.0 cm³/mol. The Kier molecular flexibility index (Phi) is 5.25. The van der Waals surface area contributed by atoms with Crippen LogP contribution in [0.5, 0.6) is 5.75 Å². The number of hydrogen-bond donors (Lipinski definition) is 0. The van der Waals surface area contributed by atoms with E-state index < -0.39 is 0 Å². The fourth-order valence-electron chi connectivity index (χ4n) is 5.30. The van der Waals surface area contributed by atoms with Crippen molar-refractivity contribution < 1.29 is 27.2 Å². The summed E-state index contributed by atoms with van der Waals surface area (Å²) in [5.74, 6) is 1.91. The first-order valence-corrected chi connectivity index (χ1v) is 8.12. The molecule has 1 saturated heterocycles. The van der Waals surface area contributed by atoms with E-state index in [0.717, 1.165) is 17.7 Å². The molecule has 1 aromatic carbocycles. The van der Waals surface area contributed by atoms with E-state index in [-0.39, 0.29) is 22.5 Å². The van der Waals surface area contributed by atoms with Crippen LogP contribution in [0, 0.1) is 5.92 Å². The fraction of sp³-hybridized carbons (Fsp3) is 0.667. The first-order valence-electron chi connectivity index (χ1n) is 8.12. The van der Waals surface area contributed by atoms with Gasteiger partial charge in [0, 0.05) is 11.5 Å². The first-order chi connectivity index (χ1) is 9.74. The van der Waals surface area contributed by atoms with Crippen LogP contribution in [0.4, 0.5) is 0 Å². The van der Waals surface area contributed by atoms with Crippen molar-refractivity contribution in [2.45, 2.75) is 50.0 Å². The number of likely N-dealkylation sites (tertiary alicyclic amines) is 1. The summed E-state index contributed by atoms with van der Waals surface area (Å²) >= 11 is 0. The zero-order valence-corrected chi connectivity index (χ0v) is 15.2. The van der Waals surface area contributed by atoms with E-state index in [1.807, 2.05) is 0 Å². The average Bonchev–Trinajstić information content (AvgIpc) is 2.50. The fourth-order valence-corrected chi connectivity index (χ4v) is 5.30. The molecule has 2 bridgehead atoms. The van der Waals surface area contributed by atoms with Gasteiger partial charge in [0.15, 0.2) is 0 Å². The first kappa shape index (κ1) is 17.8. The van der Waals surface area contributed by atoms with Crippen molar-refractivity contribution in [2.75, 3.05) is 20.7 Å². The lowest BCUT2D eigenvalue weighted by Crippen LogP contribution is -3.00. The Labute approximate surface area is 144 Å². The van der Waals surface area contributed by atoms with Crippen molar-refractivity contribution in [2.24, 2.45) is 5.92 Å². The second-order valence-electron chi connectivity index (χ2n) is 7.03. The number of methoxy groups -OCH3 is 1. The normalized spacial score (nSPS) is 32.8. The molecule has 0 radical (unpaired) electrons. The number of halogens is 1. The number of benzene rings is 1. The largest absolute Gasteiger partial charge is 1.00 e. The van der Waals surface area contributed by atoms with Gasteiger partial charge in [0.1, 0.15) is 5.75 Å². The second kappa shape index (κ2) is 6.50. The molecule has 2 N–H and O–H groups in total. The van der Waals surface area contributed by atoms with Gasteiger partial charge in [-0.1, -0.05) is 18.9 Å². The molecule has 4 heteroatoms. The van der Waals surface area contributed by atoms with E-state index in [9.17, 15) is 0 Å². The maximum absolute atomic E-state index is 5.51. The zero-order chi connectivity index (χ0) is 13.7. The van der Waals surface area contributed by atoms with Crippen LogP contribution in [0.3, 0.4) is 0 Å². The molecular formula is C18H27BrNO2-. The summed E-state index contributed by atoms with van der Waals surface area (Å²) in [7, 11) is 4.12. The van der Waals surface area contributed by atoms with Gasteiger partial charge in [0.2, 0.25) is 0 Å². The highest BCUT2D eigenvalue weighted by Gasteiger charge is 2.53. The second-order valence-corrected chi connectivity index (χ2v) is 7.03. The van der Waals surface area contributed by atoms with Crippen molar-refractivity contribution in [3.05, 3.63) is 29.3 Å². The number of piperidine rings is 1. The van der Waals surface area contributed by atoms with Gasteiger partial charge in [0.05, 0.1) is 7.11 Å². The molecule has 2 fully saturated rings. The lowest BCUT2D eigenvalue weighted by Gasteiger charge is -2.58. The summed E-state index contributed by atoms with van der Waals surface area (Å²) in [6.07, 6.45) is 8.22.